The number of morpholine rings is 1. The standard InChI is InChI=1S/C26H33N3O2S/c1-18-6-8-22(16-20(18)3)17-24(30)29(11-5-10-28-12-14-31-15-13-28)26-27-25-21(4)19(2)7-9-23(25)32-26/h6-9,16H,5,10-15,17H2,1-4H3. The molecule has 1 aliphatic rings. The summed E-state index contributed by atoms with van der Waals surface area (Å²) in [6.07, 6.45) is 1.32. The smallest absolute Gasteiger partial charge is 0.233 e. The molecule has 0 unspecified atom stereocenters. The first-order valence-electron chi connectivity index (χ1n) is 11.5. The van der Waals surface area contributed by atoms with Gasteiger partial charge in [-0.25, -0.2) is 4.98 Å². The van der Waals surface area contributed by atoms with E-state index in [9.17, 15) is 4.79 Å². The van der Waals surface area contributed by atoms with E-state index in [4.69, 9.17) is 9.72 Å². The Morgan fingerprint density at radius 2 is 1.81 bits per heavy atom. The molecule has 1 aliphatic heterocycles. The molecule has 0 radical (unpaired) electrons. The van der Waals surface area contributed by atoms with Gasteiger partial charge in [0.25, 0.3) is 0 Å². The van der Waals surface area contributed by atoms with Crippen LogP contribution in [0.25, 0.3) is 10.2 Å². The van der Waals surface area contributed by atoms with Crippen LogP contribution in [0.15, 0.2) is 30.3 Å². The molecule has 1 saturated heterocycles. The van der Waals surface area contributed by atoms with Crippen molar-refractivity contribution in [2.24, 2.45) is 0 Å². The van der Waals surface area contributed by atoms with Crippen LogP contribution in [0.4, 0.5) is 5.13 Å². The summed E-state index contributed by atoms with van der Waals surface area (Å²) in [5, 5.41) is 0.810. The fourth-order valence-electron chi connectivity index (χ4n) is 4.12. The second kappa shape index (κ2) is 10.1. The number of nitrogens with zero attached hydrogens (tertiary/aromatic N) is 3. The number of ether oxygens (including phenoxy) is 1. The van der Waals surface area contributed by atoms with E-state index in [1.165, 1.54) is 22.3 Å². The topological polar surface area (TPSA) is 45.7 Å². The summed E-state index contributed by atoms with van der Waals surface area (Å²) in [6.45, 7) is 13.6. The summed E-state index contributed by atoms with van der Waals surface area (Å²) < 4.78 is 6.60. The molecule has 0 atom stereocenters. The van der Waals surface area contributed by atoms with Gasteiger partial charge in [0.1, 0.15) is 0 Å². The van der Waals surface area contributed by atoms with Gasteiger partial charge >= 0.3 is 0 Å². The highest BCUT2D eigenvalue weighted by Crippen LogP contribution is 2.32. The molecular formula is C26H33N3O2S. The third-order valence-corrected chi connectivity index (χ3v) is 7.54. The third kappa shape index (κ3) is 5.20. The normalized spacial score (nSPS) is 14.8. The maximum absolute atomic E-state index is 13.5. The van der Waals surface area contributed by atoms with E-state index >= 15 is 0 Å². The summed E-state index contributed by atoms with van der Waals surface area (Å²) in [7, 11) is 0. The van der Waals surface area contributed by atoms with Crippen LogP contribution in [-0.2, 0) is 16.0 Å². The van der Waals surface area contributed by atoms with Crippen LogP contribution in [0.5, 0.6) is 0 Å². The van der Waals surface area contributed by atoms with Gasteiger partial charge in [-0.15, -0.1) is 0 Å². The Hall–Kier alpha value is -2.28. The first-order valence-corrected chi connectivity index (χ1v) is 12.3. The van der Waals surface area contributed by atoms with Crippen molar-refractivity contribution in [1.82, 2.24) is 9.88 Å². The van der Waals surface area contributed by atoms with Crippen molar-refractivity contribution in [3.63, 3.8) is 0 Å². The molecule has 2 aromatic carbocycles. The number of rotatable bonds is 7. The summed E-state index contributed by atoms with van der Waals surface area (Å²) in [4.78, 5) is 22.7. The number of carbonyl (C=O) groups is 1. The lowest BCUT2D eigenvalue weighted by Crippen LogP contribution is -2.39. The highest BCUT2D eigenvalue weighted by atomic mass is 32.1. The maximum atomic E-state index is 13.5. The van der Waals surface area contributed by atoms with Gasteiger partial charge in [0, 0.05) is 26.2 Å². The number of hydrogen-bond acceptors (Lipinski definition) is 5. The van der Waals surface area contributed by atoms with Crippen LogP contribution in [-0.4, -0.2) is 55.2 Å². The summed E-state index contributed by atoms with van der Waals surface area (Å²) in [5.41, 5.74) is 6.97. The molecule has 2 heterocycles. The van der Waals surface area contributed by atoms with E-state index in [1.54, 1.807) is 11.3 Å². The third-order valence-electron chi connectivity index (χ3n) is 6.49. The molecule has 0 aliphatic carbocycles. The molecule has 6 heteroatoms. The molecule has 32 heavy (non-hydrogen) atoms. The molecular weight excluding hydrogens is 418 g/mol. The molecule has 0 spiro atoms. The Balaban J connectivity index is 1.56. The Kier molecular flexibility index (Phi) is 7.23. The Bertz CT molecular complexity index is 1100. The van der Waals surface area contributed by atoms with Crippen LogP contribution in [0.1, 0.15) is 34.2 Å². The van der Waals surface area contributed by atoms with Gasteiger partial charge < -0.3 is 4.74 Å². The quantitative estimate of drug-likeness (QED) is 0.516. The van der Waals surface area contributed by atoms with Crippen LogP contribution in [0, 0.1) is 27.7 Å². The maximum Gasteiger partial charge on any atom is 0.233 e. The molecule has 1 aromatic heterocycles. The summed E-state index contributed by atoms with van der Waals surface area (Å²) >= 11 is 1.62. The Labute approximate surface area is 195 Å². The largest absolute Gasteiger partial charge is 0.379 e. The number of carbonyl (C=O) groups excluding carboxylic acids is 1. The van der Waals surface area contributed by atoms with Crippen LogP contribution in [0.3, 0.4) is 0 Å². The number of hydrogen-bond donors (Lipinski definition) is 0. The van der Waals surface area contributed by atoms with E-state index < -0.39 is 0 Å². The zero-order chi connectivity index (χ0) is 22.7. The van der Waals surface area contributed by atoms with Gasteiger partial charge in [-0.2, -0.15) is 0 Å². The lowest BCUT2D eigenvalue weighted by molar-refractivity contribution is -0.118. The molecule has 170 valence electrons. The van der Waals surface area contributed by atoms with Crippen molar-refractivity contribution in [3.05, 3.63) is 58.1 Å². The number of benzene rings is 2. The number of aryl methyl sites for hydroxylation is 4. The summed E-state index contributed by atoms with van der Waals surface area (Å²) in [6, 6.07) is 10.6. The molecule has 0 N–H and O–H groups in total. The number of amides is 1. The molecule has 4 rings (SSSR count). The minimum Gasteiger partial charge on any atom is -0.379 e. The average molecular weight is 452 g/mol. The van der Waals surface area contributed by atoms with Crippen molar-refractivity contribution in [3.8, 4) is 0 Å². The van der Waals surface area contributed by atoms with Crippen LogP contribution >= 0.6 is 11.3 Å². The fourth-order valence-corrected chi connectivity index (χ4v) is 5.19. The van der Waals surface area contributed by atoms with E-state index in [-0.39, 0.29) is 5.91 Å². The van der Waals surface area contributed by atoms with Gasteiger partial charge in [-0.3, -0.25) is 14.6 Å². The molecule has 1 fully saturated rings. The van der Waals surface area contributed by atoms with Gasteiger partial charge in [0.2, 0.25) is 5.91 Å². The lowest BCUT2D eigenvalue weighted by atomic mass is 10.0. The fraction of sp³-hybridized carbons (Fsp3) is 0.462. The zero-order valence-electron chi connectivity index (χ0n) is 19.6. The molecule has 3 aromatic rings. The van der Waals surface area contributed by atoms with E-state index in [0.29, 0.717) is 13.0 Å². The predicted octanol–water partition coefficient (Wildman–Crippen LogP) is 4.83. The highest BCUT2D eigenvalue weighted by Gasteiger charge is 2.21. The first kappa shape index (κ1) is 22.9. The highest BCUT2D eigenvalue weighted by molar-refractivity contribution is 7.22. The van der Waals surface area contributed by atoms with Crippen molar-refractivity contribution >= 4 is 32.6 Å². The Morgan fingerprint density at radius 1 is 1.06 bits per heavy atom. The average Bonchev–Trinajstić information content (AvgIpc) is 3.22. The lowest BCUT2D eigenvalue weighted by Gasteiger charge is -2.27. The second-order valence-corrected chi connectivity index (χ2v) is 9.81. The number of fused-ring (bicyclic) bond motifs is 1. The van der Waals surface area contributed by atoms with E-state index in [1.807, 2.05) is 4.90 Å². The number of aromatic nitrogens is 1. The van der Waals surface area contributed by atoms with Gasteiger partial charge in [-0.1, -0.05) is 35.6 Å². The number of anilines is 1. The Morgan fingerprint density at radius 3 is 2.56 bits per heavy atom. The number of thiazole rings is 1. The van der Waals surface area contributed by atoms with Crippen molar-refractivity contribution in [1.29, 1.82) is 0 Å². The van der Waals surface area contributed by atoms with Crippen LogP contribution in [0.2, 0.25) is 0 Å². The van der Waals surface area contributed by atoms with E-state index in [2.05, 4.69) is 62.9 Å². The molecule has 0 bridgehead atoms. The van der Waals surface area contributed by atoms with Gasteiger partial charge in [0.05, 0.1) is 29.9 Å². The predicted molar refractivity (Wildman–Crippen MR) is 133 cm³/mol. The van der Waals surface area contributed by atoms with Crippen molar-refractivity contribution < 1.29 is 9.53 Å². The van der Waals surface area contributed by atoms with Crippen molar-refractivity contribution in [2.45, 2.75) is 40.5 Å². The van der Waals surface area contributed by atoms with Crippen LogP contribution < -0.4 is 4.90 Å². The van der Waals surface area contributed by atoms with Gasteiger partial charge in [-0.05, 0) is 68.0 Å². The SMILES string of the molecule is Cc1ccc(CC(=O)N(CCCN2CCOCC2)c2nc3c(C)c(C)ccc3s2)cc1C. The zero-order valence-corrected chi connectivity index (χ0v) is 20.4. The molecule has 1 amide bonds. The minimum absolute atomic E-state index is 0.115. The first-order chi connectivity index (χ1) is 15.4. The summed E-state index contributed by atoms with van der Waals surface area (Å²) in [5.74, 6) is 0.115. The minimum atomic E-state index is 0.115. The molecule has 0 saturated carbocycles. The van der Waals surface area contributed by atoms with E-state index in [0.717, 1.165) is 60.2 Å². The second-order valence-electron chi connectivity index (χ2n) is 8.80. The van der Waals surface area contributed by atoms with Crippen molar-refractivity contribution in [2.75, 3.05) is 44.3 Å². The van der Waals surface area contributed by atoms with Gasteiger partial charge in [0.15, 0.2) is 5.13 Å². The monoisotopic (exact) mass is 451 g/mol. The molecule has 5 nitrogen and oxygen atoms in total.